The molecule has 0 saturated carbocycles. The van der Waals surface area contributed by atoms with Crippen LogP contribution >= 0.6 is 0 Å². The van der Waals surface area contributed by atoms with Crippen LogP contribution in [0.2, 0.25) is 0 Å². The largest absolute Gasteiger partial charge is 0.328 e. The van der Waals surface area contributed by atoms with Gasteiger partial charge in [-0.05, 0) is 44.0 Å². The van der Waals surface area contributed by atoms with Crippen molar-refractivity contribution in [3.63, 3.8) is 0 Å². The van der Waals surface area contributed by atoms with E-state index in [1.165, 1.54) is 0 Å². The molecule has 7 heteroatoms. The number of para-hydroxylation sites is 2. The Morgan fingerprint density at radius 1 is 1.00 bits per heavy atom. The molecule has 0 aliphatic carbocycles. The second kappa shape index (κ2) is 6.74. The van der Waals surface area contributed by atoms with Crippen molar-refractivity contribution in [1.82, 2.24) is 13.9 Å². The van der Waals surface area contributed by atoms with Crippen LogP contribution in [0.25, 0.3) is 11.0 Å². The van der Waals surface area contributed by atoms with Crippen LogP contribution in [-0.2, 0) is 23.6 Å². The molecule has 0 atom stereocenters. The van der Waals surface area contributed by atoms with Gasteiger partial charge < -0.3 is 0 Å². The number of fused-ring (bicyclic) bond motifs is 1. The molecule has 6 nitrogen and oxygen atoms in total. The van der Waals surface area contributed by atoms with Crippen molar-refractivity contribution in [1.29, 1.82) is 0 Å². The Morgan fingerprint density at radius 3 is 2.19 bits per heavy atom. The predicted octanol–water partition coefficient (Wildman–Crippen LogP) is 2.24. The van der Waals surface area contributed by atoms with E-state index in [1.807, 2.05) is 43.3 Å². The molecule has 0 fully saturated rings. The van der Waals surface area contributed by atoms with Crippen LogP contribution in [-0.4, -0.2) is 24.1 Å². The van der Waals surface area contributed by atoms with Gasteiger partial charge in [0.05, 0.1) is 15.9 Å². The highest BCUT2D eigenvalue weighted by Gasteiger charge is 2.20. The molecule has 0 saturated heterocycles. The van der Waals surface area contributed by atoms with Gasteiger partial charge in [-0.2, -0.15) is 0 Å². The summed E-state index contributed by atoms with van der Waals surface area (Å²) in [6, 6.07) is 11.2. The fourth-order valence-corrected chi connectivity index (χ4v) is 5.00. The minimum Gasteiger partial charge on any atom is -0.295 e. The molecule has 1 heterocycles. The second-order valence-electron chi connectivity index (χ2n) is 6.61. The summed E-state index contributed by atoms with van der Waals surface area (Å²) in [5.74, 6) is 0. The Labute approximate surface area is 153 Å². The van der Waals surface area contributed by atoms with Crippen LogP contribution in [0.15, 0.2) is 46.1 Å². The highest BCUT2D eigenvalue weighted by Crippen LogP contribution is 2.21. The standard InChI is InChI=1S/C19H23N3O3S/c1-13-11-14(2)18(15(3)12-13)26(24,25)20-9-10-22-17-8-6-5-7-16(17)21(4)19(22)23/h5-8,11-12,20H,9-10H2,1-4H3. The van der Waals surface area contributed by atoms with Crippen LogP contribution in [0.3, 0.4) is 0 Å². The van der Waals surface area contributed by atoms with Crippen molar-refractivity contribution in [3.05, 3.63) is 63.6 Å². The lowest BCUT2D eigenvalue weighted by atomic mass is 10.1. The van der Waals surface area contributed by atoms with Gasteiger partial charge in [-0.1, -0.05) is 29.8 Å². The monoisotopic (exact) mass is 373 g/mol. The van der Waals surface area contributed by atoms with E-state index in [-0.39, 0.29) is 18.8 Å². The van der Waals surface area contributed by atoms with Gasteiger partial charge in [0.1, 0.15) is 0 Å². The second-order valence-corrected chi connectivity index (χ2v) is 8.31. The molecule has 2 aromatic carbocycles. The normalized spacial score (nSPS) is 12.0. The number of imidazole rings is 1. The highest BCUT2D eigenvalue weighted by atomic mass is 32.2. The molecule has 1 N–H and O–H groups in total. The summed E-state index contributed by atoms with van der Waals surface area (Å²) in [6.07, 6.45) is 0. The Bertz CT molecular complexity index is 1120. The molecule has 0 amide bonds. The lowest BCUT2D eigenvalue weighted by Crippen LogP contribution is -2.32. The molecule has 3 rings (SSSR count). The summed E-state index contributed by atoms with van der Waals surface area (Å²) in [5, 5.41) is 0. The summed E-state index contributed by atoms with van der Waals surface area (Å²) >= 11 is 0. The van der Waals surface area contributed by atoms with Gasteiger partial charge in [0.15, 0.2) is 0 Å². The Balaban J connectivity index is 1.85. The molecule has 138 valence electrons. The number of rotatable bonds is 5. The highest BCUT2D eigenvalue weighted by molar-refractivity contribution is 7.89. The number of benzene rings is 2. The first-order valence-corrected chi connectivity index (χ1v) is 9.92. The smallest absolute Gasteiger partial charge is 0.295 e. The van der Waals surface area contributed by atoms with Crippen LogP contribution in [0.4, 0.5) is 0 Å². The van der Waals surface area contributed by atoms with Crippen molar-refractivity contribution in [2.75, 3.05) is 6.54 Å². The van der Waals surface area contributed by atoms with Crippen LogP contribution in [0, 0.1) is 20.8 Å². The molecule has 1 aromatic heterocycles. The van der Waals surface area contributed by atoms with Crippen LogP contribution in [0.5, 0.6) is 0 Å². The average molecular weight is 373 g/mol. The van der Waals surface area contributed by atoms with Gasteiger partial charge in [-0.25, -0.2) is 17.9 Å². The van der Waals surface area contributed by atoms with Crippen molar-refractivity contribution in [3.8, 4) is 0 Å². The van der Waals surface area contributed by atoms with Crippen LogP contribution < -0.4 is 10.4 Å². The van der Waals surface area contributed by atoms with E-state index < -0.39 is 10.0 Å². The first-order valence-electron chi connectivity index (χ1n) is 8.44. The molecule has 0 spiro atoms. The van der Waals surface area contributed by atoms with Crippen molar-refractivity contribution in [2.45, 2.75) is 32.2 Å². The molecule has 0 aliphatic heterocycles. The minimum absolute atomic E-state index is 0.142. The summed E-state index contributed by atoms with van der Waals surface area (Å²) in [7, 11) is -1.93. The van der Waals surface area contributed by atoms with Crippen molar-refractivity contribution in [2.24, 2.45) is 7.05 Å². The fourth-order valence-electron chi connectivity index (χ4n) is 3.53. The number of hydrogen-bond acceptors (Lipinski definition) is 3. The van der Waals surface area contributed by atoms with Gasteiger partial charge in [0.25, 0.3) is 0 Å². The maximum absolute atomic E-state index is 12.7. The number of hydrogen-bond donors (Lipinski definition) is 1. The molecule has 0 unspecified atom stereocenters. The third-order valence-corrected chi connectivity index (χ3v) is 6.32. The van der Waals surface area contributed by atoms with Crippen molar-refractivity contribution >= 4 is 21.1 Å². The van der Waals surface area contributed by atoms with E-state index in [4.69, 9.17) is 0 Å². The lowest BCUT2D eigenvalue weighted by Gasteiger charge is -2.13. The average Bonchev–Trinajstić information content (AvgIpc) is 2.79. The zero-order valence-corrected chi connectivity index (χ0v) is 16.2. The van der Waals surface area contributed by atoms with E-state index in [0.29, 0.717) is 4.90 Å². The number of aromatic nitrogens is 2. The van der Waals surface area contributed by atoms with Gasteiger partial charge in [-0.15, -0.1) is 0 Å². The maximum atomic E-state index is 12.7. The summed E-state index contributed by atoms with van der Waals surface area (Å²) < 4.78 is 31.2. The van der Waals surface area contributed by atoms with E-state index in [9.17, 15) is 13.2 Å². The van der Waals surface area contributed by atoms with Gasteiger partial charge in [-0.3, -0.25) is 9.13 Å². The number of nitrogens with one attached hydrogen (secondary N) is 1. The Kier molecular flexibility index (Phi) is 4.77. The van der Waals surface area contributed by atoms with Gasteiger partial charge in [0.2, 0.25) is 10.0 Å². The zero-order chi connectivity index (χ0) is 19.1. The number of nitrogens with zero attached hydrogens (tertiary/aromatic N) is 2. The summed E-state index contributed by atoms with van der Waals surface area (Å²) in [6.45, 7) is 5.94. The third-order valence-electron chi connectivity index (χ3n) is 4.55. The van der Waals surface area contributed by atoms with E-state index in [1.54, 1.807) is 30.0 Å². The Morgan fingerprint density at radius 2 is 1.58 bits per heavy atom. The number of sulfonamides is 1. The van der Waals surface area contributed by atoms with Gasteiger partial charge in [0, 0.05) is 20.1 Å². The topological polar surface area (TPSA) is 73.1 Å². The predicted molar refractivity (Wildman–Crippen MR) is 103 cm³/mol. The number of aryl methyl sites for hydroxylation is 4. The zero-order valence-electron chi connectivity index (χ0n) is 15.4. The van der Waals surface area contributed by atoms with Crippen molar-refractivity contribution < 1.29 is 8.42 Å². The molecule has 0 aliphatic rings. The van der Waals surface area contributed by atoms with Gasteiger partial charge >= 0.3 is 5.69 Å². The molecule has 3 aromatic rings. The summed E-state index contributed by atoms with van der Waals surface area (Å²) in [5.41, 5.74) is 3.93. The summed E-state index contributed by atoms with van der Waals surface area (Å²) in [4.78, 5) is 12.7. The van der Waals surface area contributed by atoms with Crippen LogP contribution in [0.1, 0.15) is 16.7 Å². The third kappa shape index (κ3) is 3.20. The lowest BCUT2D eigenvalue weighted by molar-refractivity contribution is 0.570. The van der Waals surface area contributed by atoms with E-state index in [2.05, 4.69) is 4.72 Å². The first-order chi connectivity index (χ1) is 12.2. The first kappa shape index (κ1) is 18.4. The molecular weight excluding hydrogens is 350 g/mol. The molecule has 0 radical (unpaired) electrons. The molecule has 0 bridgehead atoms. The molecular formula is C19H23N3O3S. The molecule has 26 heavy (non-hydrogen) atoms. The van der Waals surface area contributed by atoms with E-state index in [0.717, 1.165) is 27.7 Å². The quantitative estimate of drug-likeness (QED) is 0.745. The maximum Gasteiger partial charge on any atom is 0.328 e. The SMILES string of the molecule is Cc1cc(C)c(S(=O)(=O)NCCn2c(=O)n(C)c3ccccc32)c(C)c1. The van der Waals surface area contributed by atoms with E-state index >= 15 is 0 Å². The Hall–Kier alpha value is -2.38. The minimum atomic E-state index is -3.64. The fraction of sp³-hybridized carbons (Fsp3) is 0.316.